The molecule has 0 saturated carbocycles. The minimum absolute atomic E-state index is 0.251. The molecule has 0 radical (unpaired) electrons. The number of benzene rings is 1. The Balaban J connectivity index is 1.98. The molecular formula is C16H13ClN4O2. The highest BCUT2D eigenvalue weighted by Crippen LogP contribution is 2.20. The molecule has 0 aliphatic carbocycles. The molecule has 0 saturated heterocycles. The highest BCUT2D eigenvalue weighted by atomic mass is 35.5. The zero-order valence-corrected chi connectivity index (χ0v) is 12.7. The molecule has 0 atom stereocenters. The number of pyridine rings is 1. The van der Waals surface area contributed by atoms with Crippen LogP contribution in [0.5, 0.6) is 0 Å². The fraction of sp³-hybridized carbons (Fsp3) is 0.0625. The van der Waals surface area contributed by atoms with Gasteiger partial charge in [0, 0.05) is 11.8 Å². The smallest absolute Gasteiger partial charge is 0.288 e. The molecule has 7 heteroatoms. The topological polar surface area (TPSA) is 80.0 Å². The van der Waals surface area contributed by atoms with E-state index < -0.39 is 5.91 Å². The van der Waals surface area contributed by atoms with Gasteiger partial charge in [-0.25, -0.2) is 10.5 Å². The van der Waals surface area contributed by atoms with Crippen molar-refractivity contribution < 1.29 is 10.0 Å². The summed E-state index contributed by atoms with van der Waals surface area (Å²) in [5.74, 6) is -0.624. The summed E-state index contributed by atoms with van der Waals surface area (Å²) in [6.07, 6.45) is 1.62. The lowest BCUT2D eigenvalue weighted by molar-refractivity contribution is 0.0695. The quantitative estimate of drug-likeness (QED) is 0.438. The van der Waals surface area contributed by atoms with Gasteiger partial charge in [0.25, 0.3) is 5.91 Å². The second kappa shape index (κ2) is 6.60. The second-order valence-electron chi connectivity index (χ2n) is 4.87. The normalized spacial score (nSPS) is 10.5. The summed E-state index contributed by atoms with van der Waals surface area (Å²) in [6, 6.07) is 14.6. The van der Waals surface area contributed by atoms with Gasteiger partial charge in [-0.05, 0) is 17.7 Å². The van der Waals surface area contributed by atoms with Crippen molar-refractivity contribution in [2.75, 3.05) is 0 Å². The van der Waals surface area contributed by atoms with Crippen LogP contribution in [0.3, 0.4) is 0 Å². The van der Waals surface area contributed by atoms with E-state index >= 15 is 0 Å². The summed E-state index contributed by atoms with van der Waals surface area (Å²) >= 11 is 5.77. The zero-order valence-electron chi connectivity index (χ0n) is 12.0. The number of hydrogen-bond acceptors (Lipinski definition) is 4. The van der Waals surface area contributed by atoms with Gasteiger partial charge in [-0.3, -0.25) is 14.7 Å². The fourth-order valence-corrected chi connectivity index (χ4v) is 2.31. The molecule has 3 rings (SSSR count). The Bertz CT molecular complexity index is 816. The first-order chi connectivity index (χ1) is 11.2. The van der Waals surface area contributed by atoms with Crippen molar-refractivity contribution in [2.45, 2.75) is 6.54 Å². The molecule has 23 heavy (non-hydrogen) atoms. The molecule has 3 aromatic rings. The number of halogens is 1. The summed E-state index contributed by atoms with van der Waals surface area (Å²) in [6.45, 7) is 0.333. The van der Waals surface area contributed by atoms with E-state index in [1.807, 2.05) is 30.3 Å². The SMILES string of the molecule is O=C(NO)c1cc(-c2ccccc2)nn1Cc1ccc(Cl)nc1. The predicted octanol–water partition coefficient (Wildman–Crippen LogP) is 2.77. The van der Waals surface area contributed by atoms with Gasteiger partial charge < -0.3 is 0 Å². The maximum Gasteiger partial charge on any atom is 0.292 e. The molecule has 2 aromatic heterocycles. The third-order valence-corrected chi connectivity index (χ3v) is 3.53. The Morgan fingerprint density at radius 3 is 2.65 bits per heavy atom. The van der Waals surface area contributed by atoms with E-state index in [1.54, 1.807) is 29.9 Å². The molecule has 0 aliphatic heterocycles. The van der Waals surface area contributed by atoms with Crippen LogP contribution >= 0.6 is 11.6 Å². The first-order valence-electron chi connectivity index (χ1n) is 6.85. The Morgan fingerprint density at radius 2 is 2.00 bits per heavy atom. The van der Waals surface area contributed by atoms with E-state index in [1.165, 1.54) is 4.68 Å². The maximum absolute atomic E-state index is 11.9. The molecule has 1 amide bonds. The molecule has 2 heterocycles. The maximum atomic E-state index is 11.9. The molecular weight excluding hydrogens is 316 g/mol. The standard InChI is InChI=1S/C16H13ClN4O2/c17-15-7-6-11(9-18-15)10-21-14(16(22)20-23)8-13(19-21)12-4-2-1-3-5-12/h1-9,23H,10H2,(H,20,22). The van der Waals surface area contributed by atoms with E-state index in [0.717, 1.165) is 11.1 Å². The second-order valence-corrected chi connectivity index (χ2v) is 5.26. The molecule has 0 aliphatic rings. The minimum Gasteiger partial charge on any atom is -0.288 e. The number of hydrogen-bond donors (Lipinski definition) is 2. The Kier molecular flexibility index (Phi) is 4.36. The summed E-state index contributed by atoms with van der Waals surface area (Å²) < 4.78 is 1.51. The molecule has 0 spiro atoms. The third kappa shape index (κ3) is 3.39. The number of amides is 1. The van der Waals surface area contributed by atoms with Crippen molar-refractivity contribution in [3.05, 3.63) is 71.1 Å². The third-order valence-electron chi connectivity index (χ3n) is 3.30. The van der Waals surface area contributed by atoms with E-state index in [4.69, 9.17) is 16.8 Å². The van der Waals surface area contributed by atoms with Crippen molar-refractivity contribution in [1.82, 2.24) is 20.2 Å². The summed E-state index contributed by atoms with van der Waals surface area (Å²) in [7, 11) is 0. The largest absolute Gasteiger partial charge is 0.292 e. The minimum atomic E-state index is -0.624. The van der Waals surface area contributed by atoms with Crippen molar-refractivity contribution in [2.24, 2.45) is 0 Å². The highest BCUT2D eigenvalue weighted by molar-refractivity contribution is 6.29. The van der Waals surface area contributed by atoms with Crippen molar-refractivity contribution >= 4 is 17.5 Å². The first kappa shape index (κ1) is 15.2. The van der Waals surface area contributed by atoms with Gasteiger partial charge in [-0.2, -0.15) is 5.10 Å². The van der Waals surface area contributed by atoms with E-state index in [0.29, 0.717) is 17.4 Å². The number of carbonyl (C=O) groups is 1. The lowest BCUT2D eigenvalue weighted by atomic mass is 10.1. The van der Waals surface area contributed by atoms with Crippen LogP contribution in [0.25, 0.3) is 11.3 Å². The first-order valence-corrected chi connectivity index (χ1v) is 7.23. The number of nitrogens with one attached hydrogen (secondary N) is 1. The van der Waals surface area contributed by atoms with Crippen LogP contribution in [-0.4, -0.2) is 25.9 Å². The van der Waals surface area contributed by atoms with E-state index in [-0.39, 0.29) is 5.69 Å². The van der Waals surface area contributed by atoms with Gasteiger partial charge in [-0.15, -0.1) is 0 Å². The molecule has 0 bridgehead atoms. The summed E-state index contributed by atoms with van der Waals surface area (Å²) in [5.41, 5.74) is 4.26. The highest BCUT2D eigenvalue weighted by Gasteiger charge is 2.16. The number of rotatable bonds is 4. The predicted molar refractivity (Wildman–Crippen MR) is 85.3 cm³/mol. The van der Waals surface area contributed by atoms with Crippen LogP contribution in [0.4, 0.5) is 0 Å². The lowest BCUT2D eigenvalue weighted by Crippen LogP contribution is -2.23. The van der Waals surface area contributed by atoms with Gasteiger partial charge >= 0.3 is 0 Å². The number of hydroxylamine groups is 1. The average molecular weight is 329 g/mol. The summed E-state index contributed by atoms with van der Waals surface area (Å²) in [4.78, 5) is 15.9. The Labute approximate surface area is 137 Å². The van der Waals surface area contributed by atoms with Crippen molar-refractivity contribution in [3.63, 3.8) is 0 Å². The van der Waals surface area contributed by atoms with Gasteiger partial charge in [0.1, 0.15) is 10.8 Å². The fourth-order valence-electron chi connectivity index (χ4n) is 2.20. The number of nitrogens with zero attached hydrogens (tertiary/aromatic N) is 3. The Morgan fingerprint density at radius 1 is 1.22 bits per heavy atom. The molecule has 116 valence electrons. The van der Waals surface area contributed by atoms with E-state index in [2.05, 4.69) is 10.1 Å². The molecule has 0 fully saturated rings. The number of aromatic nitrogens is 3. The van der Waals surface area contributed by atoms with Crippen LogP contribution in [0.2, 0.25) is 5.15 Å². The van der Waals surface area contributed by atoms with Crippen molar-refractivity contribution in [1.29, 1.82) is 0 Å². The van der Waals surface area contributed by atoms with Crippen LogP contribution in [0, 0.1) is 0 Å². The zero-order chi connectivity index (χ0) is 16.2. The van der Waals surface area contributed by atoms with Crippen LogP contribution in [0.15, 0.2) is 54.7 Å². The molecule has 2 N–H and O–H groups in total. The Hall–Kier alpha value is -2.70. The van der Waals surface area contributed by atoms with Crippen LogP contribution in [-0.2, 0) is 6.54 Å². The monoisotopic (exact) mass is 328 g/mol. The molecule has 0 unspecified atom stereocenters. The van der Waals surface area contributed by atoms with E-state index in [9.17, 15) is 4.79 Å². The van der Waals surface area contributed by atoms with Crippen LogP contribution < -0.4 is 5.48 Å². The van der Waals surface area contributed by atoms with Gasteiger partial charge in [-0.1, -0.05) is 48.0 Å². The van der Waals surface area contributed by atoms with Gasteiger partial charge in [0.2, 0.25) is 0 Å². The van der Waals surface area contributed by atoms with Gasteiger partial charge in [0.15, 0.2) is 0 Å². The summed E-state index contributed by atoms with van der Waals surface area (Å²) in [5, 5.41) is 13.8. The molecule has 1 aromatic carbocycles. The average Bonchev–Trinajstić information content (AvgIpc) is 3.01. The van der Waals surface area contributed by atoms with Crippen molar-refractivity contribution in [3.8, 4) is 11.3 Å². The van der Waals surface area contributed by atoms with Gasteiger partial charge in [0.05, 0.1) is 12.2 Å². The number of carbonyl (C=O) groups excluding carboxylic acids is 1. The lowest BCUT2D eigenvalue weighted by Gasteiger charge is -2.06. The molecule has 6 nitrogen and oxygen atoms in total. The van der Waals surface area contributed by atoms with Crippen LogP contribution in [0.1, 0.15) is 16.1 Å².